The zero-order chi connectivity index (χ0) is 15.9. The normalized spacial score (nSPS) is 12.4. The highest BCUT2D eigenvalue weighted by molar-refractivity contribution is 5.84. The third-order valence-corrected chi connectivity index (χ3v) is 3.52. The summed E-state index contributed by atoms with van der Waals surface area (Å²) in [5, 5.41) is 22.4. The van der Waals surface area contributed by atoms with E-state index >= 15 is 0 Å². The molecule has 0 unspecified atom stereocenters. The first-order valence-electron chi connectivity index (χ1n) is 7.12. The molecule has 0 N–H and O–H groups in total. The fourth-order valence-electron chi connectivity index (χ4n) is 2.22. The van der Waals surface area contributed by atoms with Gasteiger partial charge in [0.2, 0.25) is 0 Å². The van der Waals surface area contributed by atoms with Crippen molar-refractivity contribution in [2.24, 2.45) is 4.99 Å². The lowest BCUT2D eigenvalue weighted by atomic mass is 9.97. The molecule has 0 aliphatic carbocycles. The van der Waals surface area contributed by atoms with Crippen LogP contribution in [0.5, 0.6) is 5.75 Å². The van der Waals surface area contributed by atoms with E-state index < -0.39 is 4.92 Å². The lowest BCUT2D eigenvalue weighted by Crippen LogP contribution is -2.03. The van der Waals surface area contributed by atoms with Crippen LogP contribution in [0.1, 0.15) is 30.4 Å². The minimum atomic E-state index is -0.518. The standard InChI is InChI=1S/C17H18N2O3/c1-2-13(14-6-4-3-5-7-14)11-18-12-15-10-16(19(21)22)8-9-17(15)20/h3-10,12-13,20H,2,11H2,1H3/p-1/t13-/m0/s1. The van der Waals surface area contributed by atoms with Crippen molar-refractivity contribution >= 4 is 11.9 Å². The van der Waals surface area contributed by atoms with Gasteiger partial charge in [-0.3, -0.25) is 15.1 Å². The van der Waals surface area contributed by atoms with Crippen LogP contribution in [-0.4, -0.2) is 17.7 Å². The van der Waals surface area contributed by atoms with Crippen LogP contribution in [0.3, 0.4) is 0 Å². The number of benzene rings is 2. The number of hydrogen-bond acceptors (Lipinski definition) is 4. The van der Waals surface area contributed by atoms with E-state index in [-0.39, 0.29) is 22.9 Å². The van der Waals surface area contributed by atoms with Gasteiger partial charge in [0.15, 0.2) is 0 Å². The third-order valence-electron chi connectivity index (χ3n) is 3.52. The van der Waals surface area contributed by atoms with Crippen LogP contribution in [0.15, 0.2) is 53.5 Å². The summed E-state index contributed by atoms with van der Waals surface area (Å²) in [4.78, 5) is 14.5. The quantitative estimate of drug-likeness (QED) is 0.466. The second-order valence-electron chi connectivity index (χ2n) is 4.99. The fraction of sp³-hybridized carbons (Fsp3) is 0.235. The van der Waals surface area contributed by atoms with Gasteiger partial charge in [-0.1, -0.05) is 49.1 Å². The van der Waals surface area contributed by atoms with Crippen LogP contribution in [0.2, 0.25) is 0 Å². The number of rotatable bonds is 6. The van der Waals surface area contributed by atoms with E-state index in [0.29, 0.717) is 6.54 Å². The zero-order valence-corrected chi connectivity index (χ0v) is 12.3. The molecule has 0 bridgehead atoms. The van der Waals surface area contributed by atoms with Gasteiger partial charge in [-0.05, 0) is 17.5 Å². The second-order valence-corrected chi connectivity index (χ2v) is 4.99. The Kier molecular flexibility index (Phi) is 5.25. The maximum atomic E-state index is 11.7. The van der Waals surface area contributed by atoms with Gasteiger partial charge in [0.1, 0.15) is 0 Å². The molecule has 2 aromatic rings. The molecule has 1 atom stereocenters. The first-order chi connectivity index (χ1) is 10.6. The second kappa shape index (κ2) is 7.36. The Hall–Kier alpha value is -2.69. The molecule has 0 spiro atoms. The summed E-state index contributed by atoms with van der Waals surface area (Å²) in [6, 6.07) is 13.7. The Morgan fingerprint density at radius 2 is 1.95 bits per heavy atom. The van der Waals surface area contributed by atoms with E-state index in [9.17, 15) is 15.2 Å². The van der Waals surface area contributed by atoms with Crippen LogP contribution in [-0.2, 0) is 0 Å². The van der Waals surface area contributed by atoms with Gasteiger partial charge < -0.3 is 5.11 Å². The van der Waals surface area contributed by atoms with Gasteiger partial charge in [0.05, 0.1) is 4.92 Å². The van der Waals surface area contributed by atoms with E-state index in [2.05, 4.69) is 24.0 Å². The molecule has 22 heavy (non-hydrogen) atoms. The lowest BCUT2D eigenvalue weighted by molar-refractivity contribution is -0.385. The first kappa shape index (κ1) is 15.7. The van der Waals surface area contributed by atoms with E-state index in [1.807, 2.05) is 18.2 Å². The molecule has 0 aliphatic heterocycles. The summed E-state index contributed by atoms with van der Waals surface area (Å²) in [7, 11) is 0. The van der Waals surface area contributed by atoms with Gasteiger partial charge in [0, 0.05) is 30.8 Å². The van der Waals surface area contributed by atoms with E-state index in [1.165, 1.54) is 30.0 Å². The average molecular weight is 297 g/mol. The number of nitro groups is 1. The molecule has 2 aromatic carbocycles. The van der Waals surface area contributed by atoms with Crippen LogP contribution in [0, 0.1) is 10.1 Å². The van der Waals surface area contributed by atoms with E-state index in [0.717, 1.165) is 6.42 Å². The number of nitro benzene ring substituents is 1. The van der Waals surface area contributed by atoms with Gasteiger partial charge in [0.25, 0.3) is 5.69 Å². The van der Waals surface area contributed by atoms with E-state index in [1.54, 1.807) is 0 Å². The van der Waals surface area contributed by atoms with E-state index in [4.69, 9.17) is 0 Å². The molecule has 0 heterocycles. The summed E-state index contributed by atoms with van der Waals surface area (Å²) in [6.07, 6.45) is 2.36. The molecule has 0 saturated carbocycles. The molecule has 0 fully saturated rings. The van der Waals surface area contributed by atoms with Crippen LogP contribution in [0.25, 0.3) is 0 Å². The molecule has 0 radical (unpaired) electrons. The molecular formula is C17H17N2O3-. The number of nitrogens with zero attached hydrogens (tertiary/aromatic N) is 2. The molecule has 5 nitrogen and oxygen atoms in total. The Morgan fingerprint density at radius 1 is 1.23 bits per heavy atom. The molecule has 2 rings (SSSR count). The Bertz CT molecular complexity index is 669. The van der Waals surface area contributed by atoms with Crippen molar-refractivity contribution in [1.29, 1.82) is 0 Å². The summed E-state index contributed by atoms with van der Waals surface area (Å²) in [6.45, 7) is 2.63. The summed E-state index contributed by atoms with van der Waals surface area (Å²) in [5.41, 5.74) is 1.34. The van der Waals surface area contributed by atoms with Gasteiger partial charge in [-0.25, -0.2) is 0 Å². The maximum absolute atomic E-state index is 11.7. The molecule has 5 heteroatoms. The Balaban J connectivity index is 2.11. The minimum absolute atomic E-state index is 0.101. The van der Waals surface area contributed by atoms with Gasteiger partial charge >= 0.3 is 0 Å². The predicted octanol–water partition coefficient (Wildman–Crippen LogP) is 3.28. The topological polar surface area (TPSA) is 78.6 Å². The van der Waals surface area contributed by atoms with Crippen molar-refractivity contribution in [1.82, 2.24) is 0 Å². The smallest absolute Gasteiger partial charge is 0.270 e. The Morgan fingerprint density at radius 3 is 2.59 bits per heavy atom. The van der Waals surface area contributed by atoms with Crippen molar-refractivity contribution in [3.8, 4) is 5.75 Å². The molecular weight excluding hydrogens is 280 g/mol. The summed E-state index contributed by atoms with van der Waals surface area (Å²) in [5.74, 6) is 0.00774. The molecule has 0 saturated heterocycles. The molecule has 0 aromatic heterocycles. The highest BCUT2D eigenvalue weighted by Crippen LogP contribution is 2.21. The van der Waals surface area contributed by atoms with Crippen molar-refractivity contribution in [3.05, 3.63) is 69.8 Å². The van der Waals surface area contributed by atoms with Crippen LogP contribution in [0.4, 0.5) is 5.69 Å². The fourth-order valence-corrected chi connectivity index (χ4v) is 2.22. The highest BCUT2D eigenvalue weighted by atomic mass is 16.6. The summed E-state index contributed by atoms with van der Waals surface area (Å²) >= 11 is 0. The predicted molar refractivity (Wildman–Crippen MR) is 84.5 cm³/mol. The molecule has 0 amide bonds. The zero-order valence-electron chi connectivity index (χ0n) is 12.3. The van der Waals surface area contributed by atoms with Gasteiger partial charge in [-0.2, -0.15) is 0 Å². The van der Waals surface area contributed by atoms with Crippen molar-refractivity contribution in [2.45, 2.75) is 19.3 Å². The Labute approximate surface area is 129 Å². The van der Waals surface area contributed by atoms with Crippen molar-refractivity contribution < 1.29 is 10.0 Å². The van der Waals surface area contributed by atoms with Crippen molar-refractivity contribution in [2.75, 3.05) is 6.54 Å². The monoisotopic (exact) mass is 297 g/mol. The SMILES string of the molecule is CC[C@@H](CN=Cc1cc([N+](=O)[O-])ccc1[O-])c1ccccc1. The van der Waals surface area contributed by atoms with Gasteiger partial charge in [-0.15, -0.1) is 0 Å². The number of non-ortho nitro benzene ring substituents is 1. The number of aliphatic imine (C=N–C) groups is 1. The van der Waals surface area contributed by atoms with Crippen LogP contribution < -0.4 is 5.11 Å². The lowest BCUT2D eigenvalue weighted by Gasteiger charge is -2.13. The maximum Gasteiger partial charge on any atom is 0.270 e. The minimum Gasteiger partial charge on any atom is -0.872 e. The third kappa shape index (κ3) is 3.91. The average Bonchev–Trinajstić information content (AvgIpc) is 2.53. The largest absolute Gasteiger partial charge is 0.872 e. The summed E-state index contributed by atoms with van der Waals surface area (Å²) < 4.78 is 0. The number of hydrogen-bond donors (Lipinski definition) is 0. The molecule has 0 aliphatic rings. The molecule has 114 valence electrons. The highest BCUT2D eigenvalue weighted by Gasteiger charge is 2.08. The first-order valence-corrected chi connectivity index (χ1v) is 7.12. The van der Waals surface area contributed by atoms with Crippen LogP contribution >= 0.6 is 0 Å². The van der Waals surface area contributed by atoms with Crippen molar-refractivity contribution in [3.63, 3.8) is 0 Å².